The minimum atomic E-state index is -0.655. The number of nitrogens with zero attached hydrogens (tertiary/aromatic N) is 5. The van der Waals surface area contributed by atoms with Gasteiger partial charge < -0.3 is 19.3 Å². The van der Waals surface area contributed by atoms with E-state index in [4.69, 9.17) is 9.47 Å². The second-order valence-corrected chi connectivity index (χ2v) is 9.44. The molecule has 1 heterocycles. The molecular weight excluding hydrogens is 398 g/mol. The molecule has 0 radical (unpaired) electrons. The zero-order valence-corrected chi connectivity index (χ0v) is 20.3. The molecule has 9 heteroatoms. The second-order valence-electron chi connectivity index (χ2n) is 9.44. The first-order valence-corrected chi connectivity index (χ1v) is 10.3. The fourth-order valence-electron chi connectivity index (χ4n) is 2.39. The van der Waals surface area contributed by atoms with Crippen LogP contribution >= 0.6 is 0 Å². The van der Waals surface area contributed by atoms with Crippen LogP contribution in [-0.2, 0) is 9.47 Å². The second kappa shape index (κ2) is 11.0. The summed E-state index contributed by atoms with van der Waals surface area (Å²) in [4.78, 5) is 38.6. The van der Waals surface area contributed by atoms with Crippen LogP contribution in [-0.4, -0.2) is 78.7 Å². The fourth-order valence-corrected chi connectivity index (χ4v) is 2.39. The molecule has 0 aliphatic rings. The van der Waals surface area contributed by atoms with Gasteiger partial charge in [-0.2, -0.15) is 0 Å². The Morgan fingerprint density at radius 2 is 1.58 bits per heavy atom. The first kappa shape index (κ1) is 26.2. The SMILES string of the molecule is CN(C)C=Nc1ncccc1N(CCCN(C)C(=O)OC(C)(C)C)C(=O)OC(C)(C)C. The topological polar surface area (TPSA) is 87.6 Å². The van der Waals surface area contributed by atoms with Gasteiger partial charge in [0.05, 0.1) is 12.0 Å². The van der Waals surface area contributed by atoms with E-state index in [-0.39, 0.29) is 0 Å². The van der Waals surface area contributed by atoms with Crippen molar-refractivity contribution < 1.29 is 19.1 Å². The highest BCUT2D eigenvalue weighted by Gasteiger charge is 2.26. The molecule has 1 aromatic rings. The lowest BCUT2D eigenvalue weighted by Crippen LogP contribution is -2.39. The van der Waals surface area contributed by atoms with Crippen molar-refractivity contribution in [3.8, 4) is 0 Å². The highest BCUT2D eigenvalue weighted by molar-refractivity contribution is 5.91. The van der Waals surface area contributed by atoms with Crippen molar-refractivity contribution in [2.75, 3.05) is 39.1 Å². The monoisotopic (exact) mass is 435 g/mol. The zero-order valence-electron chi connectivity index (χ0n) is 20.3. The summed E-state index contributed by atoms with van der Waals surface area (Å²) in [5.74, 6) is 0.405. The van der Waals surface area contributed by atoms with E-state index in [2.05, 4.69) is 9.98 Å². The molecule has 0 unspecified atom stereocenters. The highest BCUT2D eigenvalue weighted by atomic mass is 16.6. The number of amides is 2. The molecule has 0 fully saturated rings. The van der Waals surface area contributed by atoms with Gasteiger partial charge in [-0.25, -0.2) is 19.6 Å². The average Bonchev–Trinajstić information content (AvgIpc) is 2.60. The number of hydrogen-bond donors (Lipinski definition) is 0. The lowest BCUT2D eigenvalue weighted by atomic mass is 10.2. The Kier molecular flexibility index (Phi) is 9.27. The van der Waals surface area contributed by atoms with Gasteiger partial charge >= 0.3 is 12.2 Å². The number of ether oxygens (including phenoxy) is 2. The van der Waals surface area contributed by atoms with E-state index in [1.54, 1.807) is 36.6 Å². The first-order chi connectivity index (χ1) is 14.2. The van der Waals surface area contributed by atoms with Crippen molar-refractivity contribution in [1.29, 1.82) is 0 Å². The van der Waals surface area contributed by atoms with Gasteiger partial charge in [0.2, 0.25) is 0 Å². The van der Waals surface area contributed by atoms with Gasteiger partial charge in [0.15, 0.2) is 5.82 Å². The third-order valence-electron chi connectivity index (χ3n) is 3.66. The van der Waals surface area contributed by atoms with Crippen molar-refractivity contribution in [1.82, 2.24) is 14.8 Å². The molecule has 0 aliphatic carbocycles. The minimum absolute atomic E-state index is 0.318. The lowest BCUT2D eigenvalue weighted by molar-refractivity contribution is 0.0298. The van der Waals surface area contributed by atoms with Crippen LogP contribution in [0.15, 0.2) is 23.3 Å². The quantitative estimate of drug-likeness (QED) is 0.469. The summed E-state index contributed by atoms with van der Waals surface area (Å²) in [5, 5.41) is 0. The van der Waals surface area contributed by atoms with Gasteiger partial charge in [-0.1, -0.05) is 0 Å². The van der Waals surface area contributed by atoms with Gasteiger partial charge in [0.1, 0.15) is 11.2 Å². The average molecular weight is 436 g/mol. The molecule has 1 aromatic heterocycles. The van der Waals surface area contributed by atoms with E-state index in [9.17, 15) is 9.59 Å². The summed E-state index contributed by atoms with van der Waals surface area (Å²) in [5.41, 5.74) is -0.685. The summed E-state index contributed by atoms with van der Waals surface area (Å²) in [6, 6.07) is 3.52. The summed E-state index contributed by atoms with van der Waals surface area (Å²) in [6.07, 6.45) is 2.85. The van der Waals surface area contributed by atoms with Crippen molar-refractivity contribution in [3.05, 3.63) is 18.3 Å². The van der Waals surface area contributed by atoms with Crippen LogP contribution in [0, 0.1) is 0 Å². The lowest BCUT2D eigenvalue weighted by Gasteiger charge is -2.29. The van der Waals surface area contributed by atoms with E-state index in [1.807, 2.05) is 55.6 Å². The molecule has 9 nitrogen and oxygen atoms in total. The van der Waals surface area contributed by atoms with Gasteiger partial charge in [0, 0.05) is 40.4 Å². The number of carbonyl (C=O) groups is 2. The summed E-state index contributed by atoms with van der Waals surface area (Å²) in [6.45, 7) is 11.6. The standard InChI is InChI=1S/C22H37N5O4/c1-21(2,3)30-19(28)26(9)14-11-15-27(20(29)31-22(4,5)6)17-12-10-13-23-18(17)24-16-25(7)8/h10,12-13,16H,11,14-15H2,1-9H3. The molecule has 174 valence electrons. The fraction of sp³-hybridized carbons (Fsp3) is 0.636. The van der Waals surface area contributed by atoms with E-state index >= 15 is 0 Å². The van der Waals surface area contributed by atoms with Crippen LogP contribution in [0.25, 0.3) is 0 Å². The zero-order chi connectivity index (χ0) is 23.8. The smallest absolute Gasteiger partial charge is 0.414 e. The maximum absolute atomic E-state index is 13.0. The molecule has 0 saturated carbocycles. The van der Waals surface area contributed by atoms with Gasteiger partial charge in [-0.15, -0.1) is 0 Å². The number of hydrogen-bond acceptors (Lipinski definition) is 6. The molecular formula is C22H37N5O4. The molecule has 0 bridgehead atoms. The molecule has 0 atom stereocenters. The summed E-state index contributed by atoms with van der Waals surface area (Å²) >= 11 is 0. The number of anilines is 1. The number of aliphatic imine (C=N–C) groups is 1. The first-order valence-electron chi connectivity index (χ1n) is 10.3. The number of carbonyl (C=O) groups excluding carboxylic acids is 2. The van der Waals surface area contributed by atoms with Crippen LogP contribution in [0.4, 0.5) is 21.1 Å². The van der Waals surface area contributed by atoms with Crippen molar-refractivity contribution in [2.24, 2.45) is 4.99 Å². The van der Waals surface area contributed by atoms with Crippen LogP contribution in [0.1, 0.15) is 48.0 Å². The highest BCUT2D eigenvalue weighted by Crippen LogP contribution is 2.27. The van der Waals surface area contributed by atoms with E-state index < -0.39 is 23.4 Å². The number of aromatic nitrogens is 1. The minimum Gasteiger partial charge on any atom is -0.444 e. The number of rotatable bonds is 7. The molecule has 31 heavy (non-hydrogen) atoms. The predicted octanol–water partition coefficient (Wildman–Crippen LogP) is 4.30. The van der Waals surface area contributed by atoms with Crippen molar-refractivity contribution in [2.45, 2.75) is 59.2 Å². The Morgan fingerprint density at radius 1 is 1.00 bits per heavy atom. The van der Waals surface area contributed by atoms with E-state index in [0.717, 1.165) is 0 Å². The van der Waals surface area contributed by atoms with Crippen molar-refractivity contribution in [3.63, 3.8) is 0 Å². The maximum atomic E-state index is 13.0. The van der Waals surface area contributed by atoms with Crippen LogP contribution < -0.4 is 4.90 Å². The Bertz CT molecular complexity index is 766. The van der Waals surface area contributed by atoms with Crippen LogP contribution in [0.3, 0.4) is 0 Å². The Morgan fingerprint density at radius 3 is 2.13 bits per heavy atom. The Labute approximate surface area is 186 Å². The van der Waals surface area contributed by atoms with Gasteiger partial charge in [-0.05, 0) is 60.1 Å². The third kappa shape index (κ3) is 10.1. The molecule has 2 amide bonds. The normalized spacial score (nSPS) is 11.9. The molecule has 0 aliphatic heterocycles. The summed E-state index contributed by atoms with van der Waals surface area (Å²) in [7, 11) is 5.37. The summed E-state index contributed by atoms with van der Waals surface area (Å²) < 4.78 is 11.0. The predicted molar refractivity (Wildman–Crippen MR) is 123 cm³/mol. The molecule has 0 N–H and O–H groups in total. The van der Waals surface area contributed by atoms with Crippen molar-refractivity contribution >= 4 is 30.0 Å². The van der Waals surface area contributed by atoms with Crippen LogP contribution in [0.5, 0.6) is 0 Å². The molecule has 0 aromatic carbocycles. The largest absolute Gasteiger partial charge is 0.444 e. The van der Waals surface area contributed by atoms with Gasteiger partial charge in [-0.3, -0.25) is 4.90 Å². The number of pyridine rings is 1. The Hall–Kier alpha value is -2.84. The molecule has 0 spiro atoms. The maximum Gasteiger partial charge on any atom is 0.414 e. The Balaban J connectivity index is 3.02. The molecule has 0 saturated heterocycles. The molecule has 1 rings (SSSR count). The third-order valence-corrected chi connectivity index (χ3v) is 3.66. The van der Waals surface area contributed by atoms with E-state index in [0.29, 0.717) is 31.0 Å². The van der Waals surface area contributed by atoms with Crippen LogP contribution in [0.2, 0.25) is 0 Å². The van der Waals surface area contributed by atoms with E-state index in [1.165, 1.54) is 9.80 Å². The van der Waals surface area contributed by atoms with Gasteiger partial charge in [0.25, 0.3) is 0 Å².